The molecular formula is C15H20ClNO3. The normalized spacial score (nSPS) is 13.9. The fraction of sp³-hybridized carbons (Fsp3) is 0.467. The minimum Gasteiger partial charge on any atom is -0.481 e. The predicted molar refractivity (Wildman–Crippen MR) is 79.2 cm³/mol. The molecule has 20 heavy (non-hydrogen) atoms. The van der Waals surface area contributed by atoms with Crippen LogP contribution in [0.1, 0.15) is 43.1 Å². The van der Waals surface area contributed by atoms with Crippen LogP contribution in [0.5, 0.6) is 0 Å². The first kappa shape index (κ1) is 16.5. The highest BCUT2D eigenvalue weighted by Gasteiger charge is 2.33. The summed E-state index contributed by atoms with van der Waals surface area (Å²) in [6.45, 7) is 7.35. The van der Waals surface area contributed by atoms with E-state index in [-0.39, 0.29) is 18.2 Å². The van der Waals surface area contributed by atoms with Crippen LogP contribution in [0.15, 0.2) is 18.2 Å². The predicted octanol–water partition coefficient (Wildman–Crippen LogP) is 3.27. The average Bonchev–Trinajstić information content (AvgIpc) is 2.31. The van der Waals surface area contributed by atoms with Gasteiger partial charge in [0.05, 0.1) is 12.0 Å². The second kappa shape index (κ2) is 6.27. The van der Waals surface area contributed by atoms with Crippen molar-refractivity contribution < 1.29 is 14.7 Å². The lowest BCUT2D eigenvalue weighted by Gasteiger charge is -2.33. The van der Waals surface area contributed by atoms with Crippen molar-refractivity contribution in [2.75, 3.05) is 0 Å². The van der Waals surface area contributed by atoms with E-state index in [0.29, 0.717) is 10.6 Å². The van der Waals surface area contributed by atoms with Gasteiger partial charge >= 0.3 is 5.97 Å². The number of carboxylic acids is 1. The van der Waals surface area contributed by atoms with Gasteiger partial charge in [-0.15, -0.1) is 0 Å². The highest BCUT2D eigenvalue weighted by Crippen LogP contribution is 2.22. The molecule has 0 aromatic heterocycles. The third kappa shape index (κ3) is 3.97. The second-order valence-electron chi connectivity index (χ2n) is 5.56. The molecule has 0 aliphatic heterocycles. The molecule has 4 nitrogen and oxygen atoms in total. The monoisotopic (exact) mass is 297 g/mol. The molecule has 2 N–H and O–H groups in total. The number of amides is 1. The third-order valence-corrected chi connectivity index (χ3v) is 4.03. The number of aryl methyl sites for hydroxylation is 1. The molecule has 1 aromatic carbocycles. The Kier molecular flexibility index (Phi) is 5.17. The van der Waals surface area contributed by atoms with Gasteiger partial charge < -0.3 is 10.4 Å². The minimum atomic E-state index is -0.941. The maximum atomic E-state index is 12.2. The van der Waals surface area contributed by atoms with Crippen LogP contribution in [0.3, 0.4) is 0 Å². The van der Waals surface area contributed by atoms with E-state index in [4.69, 9.17) is 16.7 Å². The summed E-state index contributed by atoms with van der Waals surface area (Å²) < 4.78 is 0. The Morgan fingerprint density at radius 3 is 2.45 bits per heavy atom. The Labute approximate surface area is 124 Å². The smallest absolute Gasteiger partial charge is 0.305 e. The van der Waals surface area contributed by atoms with Gasteiger partial charge in [-0.1, -0.05) is 31.5 Å². The molecular weight excluding hydrogens is 278 g/mol. The largest absolute Gasteiger partial charge is 0.481 e. The van der Waals surface area contributed by atoms with E-state index < -0.39 is 11.5 Å². The van der Waals surface area contributed by atoms with Crippen LogP contribution >= 0.6 is 11.6 Å². The quantitative estimate of drug-likeness (QED) is 0.876. The maximum Gasteiger partial charge on any atom is 0.305 e. The summed E-state index contributed by atoms with van der Waals surface area (Å²) in [6, 6.07) is 5.03. The summed E-state index contributed by atoms with van der Waals surface area (Å²) in [7, 11) is 0. The second-order valence-corrected chi connectivity index (χ2v) is 5.97. The van der Waals surface area contributed by atoms with Crippen molar-refractivity contribution in [2.45, 2.75) is 39.7 Å². The highest BCUT2D eigenvalue weighted by molar-refractivity contribution is 6.31. The molecule has 1 atom stereocenters. The Bertz CT molecular complexity index is 528. The molecule has 0 aliphatic rings. The van der Waals surface area contributed by atoms with Gasteiger partial charge in [-0.3, -0.25) is 9.59 Å². The number of nitrogens with one attached hydrogen (secondary N) is 1. The van der Waals surface area contributed by atoms with E-state index >= 15 is 0 Å². The first-order valence-corrected chi connectivity index (χ1v) is 6.84. The van der Waals surface area contributed by atoms with Gasteiger partial charge in [0.1, 0.15) is 0 Å². The molecule has 0 bridgehead atoms. The molecule has 1 aromatic rings. The number of rotatable bonds is 5. The van der Waals surface area contributed by atoms with Crippen molar-refractivity contribution in [3.63, 3.8) is 0 Å². The lowest BCUT2D eigenvalue weighted by atomic mass is 9.85. The summed E-state index contributed by atoms with van der Waals surface area (Å²) in [5, 5.41) is 12.3. The zero-order valence-electron chi connectivity index (χ0n) is 12.2. The van der Waals surface area contributed by atoms with E-state index in [1.165, 1.54) is 0 Å². The number of halogens is 1. The molecule has 0 spiro atoms. The molecule has 0 saturated carbocycles. The van der Waals surface area contributed by atoms with Crippen LogP contribution in [0.25, 0.3) is 0 Å². The molecule has 5 heteroatoms. The Morgan fingerprint density at radius 1 is 1.40 bits per heavy atom. The zero-order chi connectivity index (χ0) is 15.5. The minimum absolute atomic E-state index is 0.0107. The van der Waals surface area contributed by atoms with Gasteiger partial charge in [0, 0.05) is 10.6 Å². The molecule has 0 heterocycles. The fourth-order valence-corrected chi connectivity index (χ4v) is 1.95. The Hall–Kier alpha value is -1.55. The third-order valence-electron chi connectivity index (χ3n) is 3.63. The molecule has 110 valence electrons. The number of hydrogen-bond donors (Lipinski definition) is 2. The van der Waals surface area contributed by atoms with Gasteiger partial charge in [0.25, 0.3) is 5.91 Å². The molecule has 0 aliphatic carbocycles. The number of aliphatic carboxylic acids is 1. The summed E-state index contributed by atoms with van der Waals surface area (Å²) >= 11 is 6.00. The molecule has 1 unspecified atom stereocenters. The van der Waals surface area contributed by atoms with E-state index in [1.54, 1.807) is 25.1 Å². The summed E-state index contributed by atoms with van der Waals surface area (Å²) in [5.74, 6) is -1.27. The summed E-state index contributed by atoms with van der Waals surface area (Å²) in [6.07, 6.45) is -0.129. The van der Waals surface area contributed by atoms with Crippen molar-refractivity contribution in [2.24, 2.45) is 5.92 Å². The van der Waals surface area contributed by atoms with Gasteiger partial charge in [-0.05, 0) is 37.5 Å². The van der Waals surface area contributed by atoms with Crippen LogP contribution in [0.2, 0.25) is 5.02 Å². The van der Waals surface area contributed by atoms with Gasteiger partial charge in [0.15, 0.2) is 0 Å². The van der Waals surface area contributed by atoms with Crippen molar-refractivity contribution in [3.8, 4) is 0 Å². The summed E-state index contributed by atoms with van der Waals surface area (Å²) in [5.41, 5.74) is 0.513. The maximum absolute atomic E-state index is 12.2. The first-order chi connectivity index (χ1) is 9.15. The Morgan fingerprint density at radius 2 is 2.00 bits per heavy atom. The zero-order valence-corrected chi connectivity index (χ0v) is 12.9. The number of carbonyl (C=O) groups is 2. The first-order valence-electron chi connectivity index (χ1n) is 6.46. The van der Waals surface area contributed by atoms with E-state index in [1.807, 2.05) is 20.8 Å². The van der Waals surface area contributed by atoms with E-state index in [9.17, 15) is 9.59 Å². The van der Waals surface area contributed by atoms with Crippen molar-refractivity contribution in [1.29, 1.82) is 0 Å². The SMILES string of the molecule is Cc1ccc(C(=O)NC(C)(CC(=O)O)C(C)C)cc1Cl. The van der Waals surface area contributed by atoms with Crippen molar-refractivity contribution in [3.05, 3.63) is 34.3 Å². The van der Waals surface area contributed by atoms with Gasteiger partial charge in [0.2, 0.25) is 0 Å². The number of carboxylic acid groups (broad SMARTS) is 1. The van der Waals surface area contributed by atoms with Gasteiger partial charge in [-0.2, -0.15) is 0 Å². The van der Waals surface area contributed by atoms with Crippen LogP contribution in [-0.2, 0) is 4.79 Å². The number of hydrogen-bond acceptors (Lipinski definition) is 2. The van der Waals surface area contributed by atoms with E-state index in [2.05, 4.69) is 5.32 Å². The molecule has 0 fully saturated rings. The number of carbonyl (C=O) groups excluding carboxylic acids is 1. The lowest BCUT2D eigenvalue weighted by molar-refractivity contribution is -0.138. The topological polar surface area (TPSA) is 66.4 Å². The average molecular weight is 298 g/mol. The lowest BCUT2D eigenvalue weighted by Crippen LogP contribution is -2.51. The van der Waals surface area contributed by atoms with Crippen molar-refractivity contribution in [1.82, 2.24) is 5.32 Å². The van der Waals surface area contributed by atoms with Crippen LogP contribution in [0.4, 0.5) is 0 Å². The van der Waals surface area contributed by atoms with Crippen LogP contribution in [0, 0.1) is 12.8 Å². The molecule has 0 saturated heterocycles. The Balaban J connectivity index is 2.96. The molecule has 1 rings (SSSR count). The summed E-state index contributed by atoms with van der Waals surface area (Å²) in [4.78, 5) is 23.2. The molecule has 0 radical (unpaired) electrons. The van der Waals surface area contributed by atoms with Crippen LogP contribution in [-0.4, -0.2) is 22.5 Å². The highest BCUT2D eigenvalue weighted by atomic mass is 35.5. The van der Waals surface area contributed by atoms with Crippen molar-refractivity contribution >= 4 is 23.5 Å². The number of benzene rings is 1. The fourth-order valence-electron chi connectivity index (χ4n) is 1.77. The van der Waals surface area contributed by atoms with E-state index in [0.717, 1.165) is 5.56 Å². The standard InChI is InChI=1S/C15H20ClNO3/c1-9(2)15(4,8-13(18)19)17-14(20)11-6-5-10(3)12(16)7-11/h5-7,9H,8H2,1-4H3,(H,17,20)(H,18,19). The molecule has 1 amide bonds. The van der Waals surface area contributed by atoms with Gasteiger partial charge in [-0.25, -0.2) is 0 Å². The van der Waals surface area contributed by atoms with Crippen LogP contribution < -0.4 is 5.32 Å².